The maximum atomic E-state index is 11.3. The molecule has 0 saturated carbocycles. The number of aromatic nitrogens is 2. The third-order valence-electron chi connectivity index (χ3n) is 1.98. The first-order chi connectivity index (χ1) is 6.18. The molecule has 0 unspecified atom stereocenters. The molecule has 4 heteroatoms. The van der Waals surface area contributed by atoms with E-state index in [9.17, 15) is 9.59 Å². The minimum atomic E-state index is -0.466. The fourth-order valence-corrected chi connectivity index (χ4v) is 1.34. The molecule has 0 atom stereocenters. The zero-order chi connectivity index (χ0) is 9.42. The molecule has 0 bridgehead atoms. The van der Waals surface area contributed by atoms with Gasteiger partial charge in [0.1, 0.15) is 0 Å². The van der Waals surface area contributed by atoms with Gasteiger partial charge < -0.3 is 4.98 Å². The Bertz CT molecular complexity index is 566. The predicted octanol–water partition coefficient (Wildman–Crippen LogP) is 0.525. The summed E-state index contributed by atoms with van der Waals surface area (Å²) < 4.78 is 0. The molecule has 4 nitrogen and oxygen atoms in total. The van der Waals surface area contributed by atoms with Crippen LogP contribution in [0, 0.1) is 6.92 Å². The lowest BCUT2D eigenvalue weighted by molar-refractivity contribution is 1.08. The Balaban J connectivity index is 3.12. The highest BCUT2D eigenvalue weighted by Crippen LogP contribution is 2.08. The lowest BCUT2D eigenvalue weighted by Crippen LogP contribution is -2.22. The van der Waals surface area contributed by atoms with Crippen molar-refractivity contribution in [1.82, 2.24) is 9.97 Å². The Hall–Kier alpha value is -1.84. The summed E-state index contributed by atoms with van der Waals surface area (Å²) in [5.41, 5.74) is 0.686. The summed E-state index contributed by atoms with van der Waals surface area (Å²) in [6, 6.07) is 5.31. The Morgan fingerprint density at radius 3 is 2.69 bits per heavy atom. The van der Waals surface area contributed by atoms with Gasteiger partial charge in [0.25, 0.3) is 5.56 Å². The van der Waals surface area contributed by atoms with Crippen LogP contribution in [0.3, 0.4) is 0 Å². The molecule has 2 N–H and O–H groups in total. The van der Waals surface area contributed by atoms with E-state index in [1.54, 1.807) is 12.1 Å². The summed E-state index contributed by atoms with van der Waals surface area (Å²) >= 11 is 0. The topological polar surface area (TPSA) is 65.7 Å². The molecule has 1 aromatic heterocycles. The van der Waals surface area contributed by atoms with E-state index in [1.807, 2.05) is 13.0 Å². The fraction of sp³-hybridized carbons (Fsp3) is 0.111. The third kappa shape index (κ3) is 1.16. The second kappa shape index (κ2) is 2.58. The van der Waals surface area contributed by atoms with Crippen LogP contribution < -0.4 is 11.2 Å². The first-order valence-electron chi connectivity index (χ1n) is 3.90. The molecular formula is C9H8N2O2. The number of hydrogen-bond donors (Lipinski definition) is 2. The zero-order valence-electron chi connectivity index (χ0n) is 7.05. The van der Waals surface area contributed by atoms with Gasteiger partial charge in [-0.2, -0.15) is 0 Å². The van der Waals surface area contributed by atoms with Gasteiger partial charge in [0.2, 0.25) is 0 Å². The average Bonchev–Trinajstić information content (AvgIpc) is 2.07. The molecule has 1 heterocycles. The van der Waals surface area contributed by atoms with Gasteiger partial charge in [-0.1, -0.05) is 12.1 Å². The number of aromatic amines is 2. The van der Waals surface area contributed by atoms with Crippen molar-refractivity contribution >= 4 is 10.9 Å². The minimum Gasteiger partial charge on any atom is -0.307 e. The van der Waals surface area contributed by atoms with E-state index in [1.165, 1.54) is 0 Å². The van der Waals surface area contributed by atoms with E-state index in [-0.39, 0.29) is 5.56 Å². The highest BCUT2D eigenvalue weighted by molar-refractivity contribution is 5.80. The number of para-hydroxylation sites is 1. The summed E-state index contributed by atoms with van der Waals surface area (Å²) in [6.45, 7) is 1.84. The van der Waals surface area contributed by atoms with Crippen LogP contribution in [0.15, 0.2) is 27.8 Å². The van der Waals surface area contributed by atoms with Crippen molar-refractivity contribution in [2.24, 2.45) is 0 Å². The largest absolute Gasteiger partial charge is 0.326 e. The van der Waals surface area contributed by atoms with Crippen molar-refractivity contribution in [2.75, 3.05) is 0 Å². The Morgan fingerprint density at radius 2 is 1.92 bits per heavy atom. The maximum absolute atomic E-state index is 11.3. The fourth-order valence-electron chi connectivity index (χ4n) is 1.34. The first kappa shape index (κ1) is 7.79. The van der Waals surface area contributed by atoms with E-state index in [2.05, 4.69) is 9.97 Å². The van der Waals surface area contributed by atoms with Crippen molar-refractivity contribution < 1.29 is 0 Å². The van der Waals surface area contributed by atoms with Crippen LogP contribution in [-0.4, -0.2) is 9.97 Å². The van der Waals surface area contributed by atoms with E-state index >= 15 is 0 Å². The number of hydrogen-bond acceptors (Lipinski definition) is 2. The highest BCUT2D eigenvalue weighted by atomic mass is 16.2. The summed E-state index contributed by atoms with van der Waals surface area (Å²) in [4.78, 5) is 27.0. The molecule has 13 heavy (non-hydrogen) atoms. The van der Waals surface area contributed by atoms with Crippen LogP contribution in [0.25, 0.3) is 10.9 Å². The molecule has 1 aromatic carbocycles. The SMILES string of the molecule is Cc1cccc2c(=O)[nH]c(=O)[nH]c12. The van der Waals surface area contributed by atoms with Gasteiger partial charge in [-0.05, 0) is 18.6 Å². The van der Waals surface area contributed by atoms with Crippen molar-refractivity contribution in [1.29, 1.82) is 0 Å². The van der Waals surface area contributed by atoms with Crippen LogP contribution in [-0.2, 0) is 0 Å². The van der Waals surface area contributed by atoms with E-state index in [0.717, 1.165) is 5.56 Å². The molecule has 66 valence electrons. The number of benzene rings is 1. The van der Waals surface area contributed by atoms with Crippen molar-refractivity contribution in [3.8, 4) is 0 Å². The van der Waals surface area contributed by atoms with Gasteiger partial charge in [0, 0.05) is 0 Å². The first-order valence-corrected chi connectivity index (χ1v) is 3.90. The quantitative estimate of drug-likeness (QED) is 0.614. The normalized spacial score (nSPS) is 10.5. The van der Waals surface area contributed by atoms with E-state index in [4.69, 9.17) is 0 Å². The molecule has 0 aliphatic rings. The molecular weight excluding hydrogens is 168 g/mol. The molecule has 2 rings (SSSR count). The Morgan fingerprint density at radius 1 is 1.15 bits per heavy atom. The highest BCUT2D eigenvalue weighted by Gasteiger charge is 2.00. The molecule has 0 fully saturated rings. The van der Waals surface area contributed by atoms with Crippen LogP contribution in [0.1, 0.15) is 5.56 Å². The Labute approximate surface area is 73.2 Å². The molecule has 0 aliphatic heterocycles. The Kier molecular flexibility index (Phi) is 1.55. The number of H-pyrrole nitrogens is 2. The molecule has 0 radical (unpaired) electrons. The monoisotopic (exact) mass is 176 g/mol. The second-order valence-electron chi connectivity index (χ2n) is 2.91. The van der Waals surface area contributed by atoms with Crippen molar-refractivity contribution in [2.45, 2.75) is 6.92 Å². The van der Waals surface area contributed by atoms with Crippen LogP contribution in [0.2, 0.25) is 0 Å². The van der Waals surface area contributed by atoms with Crippen LogP contribution >= 0.6 is 0 Å². The summed E-state index contributed by atoms with van der Waals surface area (Å²) in [5, 5.41) is 0.514. The van der Waals surface area contributed by atoms with Crippen LogP contribution in [0.4, 0.5) is 0 Å². The van der Waals surface area contributed by atoms with Gasteiger partial charge in [-0.3, -0.25) is 9.78 Å². The van der Waals surface area contributed by atoms with Gasteiger partial charge in [0.15, 0.2) is 0 Å². The third-order valence-corrected chi connectivity index (χ3v) is 1.98. The molecule has 0 saturated heterocycles. The van der Waals surface area contributed by atoms with E-state index in [0.29, 0.717) is 10.9 Å². The number of fused-ring (bicyclic) bond motifs is 1. The van der Waals surface area contributed by atoms with E-state index < -0.39 is 5.69 Å². The molecule has 2 aromatic rings. The van der Waals surface area contributed by atoms with Gasteiger partial charge in [-0.15, -0.1) is 0 Å². The summed E-state index contributed by atoms with van der Waals surface area (Å²) in [7, 11) is 0. The minimum absolute atomic E-state index is 0.345. The molecule has 0 amide bonds. The van der Waals surface area contributed by atoms with Crippen molar-refractivity contribution in [3.63, 3.8) is 0 Å². The van der Waals surface area contributed by atoms with Crippen LogP contribution in [0.5, 0.6) is 0 Å². The van der Waals surface area contributed by atoms with Gasteiger partial charge in [-0.25, -0.2) is 4.79 Å². The number of aryl methyl sites for hydroxylation is 1. The van der Waals surface area contributed by atoms with Gasteiger partial charge in [0.05, 0.1) is 10.9 Å². The smallest absolute Gasteiger partial charge is 0.307 e. The second-order valence-corrected chi connectivity index (χ2v) is 2.91. The predicted molar refractivity (Wildman–Crippen MR) is 49.9 cm³/mol. The number of rotatable bonds is 0. The molecule has 0 spiro atoms. The lowest BCUT2D eigenvalue weighted by atomic mass is 10.1. The lowest BCUT2D eigenvalue weighted by Gasteiger charge is -1.98. The summed E-state index contributed by atoms with van der Waals surface area (Å²) in [5.74, 6) is 0. The molecule has 0 aliphatic carbocycles. The maximum Gasteiger partial charge on any atom is 0.326 e. The van der Waals surface area contributed by atoms with Crippen molar-refractivity contribution in [3.05, 3.63) is 44.6 Å². The standard InChI is InChI=1S/C9H8N2O2/c1-5-3-2-4-6-7(5)10-9(13)11-8(6)12/h2-4H,1H3,(H2,10,11,12,13). The zero-order valence-corrected chi connectivity index (χ0v) is 7.05. The van der Waals surface area contributed by atoms with Gasteiger partial charge >= 0.3 is 5.69 Å². The average molecular weight is 176 g/mol. The number of nitrogens with one attached hydrogen (secondary N) is 2. The summed E-state index contributed by atoms with van der Waals surface area (Å²) in [6.07, 6.45) is 0.